The zero-order valence-electron chi connectivity index (χ0n) is 12.6. The van der Waals surface area contributed by atoms with E-state index in [9.17, 15) is 18.3 Å². The number of aryl methyl sites for hydroxylation is 2. The van der Waals surface area contributed by atoms with Gasteiger partial charge in [-0.1, -0.05) is 6.07 Å². The van der Waals surface area contributed by atoms with Crippen molar-refractivity contribution >= 4 is 16.0 Å². The van der Waals surface area contributed by atoms with Crippen molar-refractivity contribution in [1.82, 2.24) is 4.72 Å². The van der Waals surface area contributed by atoms with Gasteiger partial charge in [-0.2, -0.15) is 0 Å². The number of hydrogen-bond acceptors (Lipinski definition) is 4. The van der Waals surface area contributed by atoms with E-state index in [1.807, 2.05) is 0 Å². The molecule has 0 fully saturated rings. The Morgan fingerprint density at radius 3 is 2.33 bits per heavy atom. The summed E-state index contributed by atoms with van der Waals surface area (Å²) in [5, 5.41) is 18.2. The molecule has 21 heavy (non-hydrogen) atoms. The lowest BCUT2D eigenvalue weighted by atomic mass is 9.97. The molecule has 0 saturated heterocycles. The van der Waals surface area contributed by atoms with Gasteiger partial charge in [-0.3, -0.25) is 4.79 Å². The lowest BCUT2D eigenvalue weighted by molar-refractivity contribution is -0.136. The van der Waals surface area contributed by atoms with Crippen LogP contribution in [-0.4, -0.2) is 37.2 Å². The Kier molecular flexibility index (Phi) is 5.49. The summed E-state index contributed by atoms with van der Waals surface area (Å²) in [7, 11) is -3.79. The number of rotatable bonds is 6. The Labute approximate surface area is 124 Å². The zero-order valence-corrected chi connectivity index (χ0v) is 13.4. The lowest BCUT2D eigenvalue weighted by Crippen LogP contribution is -2.32. The Morgan fingerprint density at radius 1 is 1.29 bits per heavy atom. The minimum Gasteiger partial charge on any atom is -0.481 e. The molecule has 0 aliphatic carbocycles. The summed E-state index contributed by atoms with van der Waals surface area (Å²) < 4.78 is 27.0. The third-order valence-electron chi connectivity index (χ3n) is 3.23. The van der Waals surface area contributed by atoms with Gasteiger partial charge in [0, 0.05) is 6.54 Å². The maximum absolute atomic E-state index is 12.4. The van der Waals surface area contributed by atoms with E-state index in [1.54, 1.807) is 26.8 Å². The number of carboxylic acids is 1. The molecule has 0 amide bonds. The second-order valence-electron chi connectivity index (χ2n) is 5.21. The normalized spacial score (nSPS) is 13.2. The predicted molar refractivity (Wildman–Crippen MR) is 78.9 cm³/mol. The molecule has 0 saturated carbocycles. The Morgan fingerprint density at radius 2 is 1.86 bits per heavy atom. The van der Waals surface area contributed by atoms with Gasteiger partial charge in [0.2, 0.25) is 10.0 Å². The average Bonchev–Trinajstić information content (AvgIpc) is 2.31. The standard InChI is InChI=1S/C14H21NO5S/c1-8-5-9(2)14(11(4)12(8)6-13(17)18)21(19,20)15-7-10(3)16/h5,10,15-16H,6-7H2,1-4H3,(H,17,18)/t10-/m1/s1. The molecule has 1 atom stereocenters. The van der Waals surface area contributed by atoms with Gasteiger partial charge in [0.25, 0.3) is 0 Å². The lowest BCUT2D eigenvalue weighted by Gasteiger charge is -2.17. The van der Waals surface area contributed by atoms with Crippen molar-refractivity contribution in [2.75, 3.05) is 6.54 Å². The number of aliphatic carboxylic acids is 1. The summed E-state index contributed by atoms with van der Waals surface area (Å²) in [5.41, 5.74) is 2.25. The Hall–Kier alpha value is -1.44. The van der Waals surface area contributed by atoms with Gasteiger partial charge in [-0.05, 0) is 49.9 Å². The topological polar surface area (TPSA) is 104 Å². The summed E-state index contributed by atoms with van der Waals surface area (Å²) in [4.78, 5) is 11.0. The number of carboxylic acid groups (broad SMARTS) is 1. The number of aliphatic hydroxyl groups is 1. The first-order valence-corrected chi connectivity index (χ1v) is 8.03. The first-order valence-electron chi connectivity index (χ1n) is 6.55. The highest BCUT2D eigenvalue weighted by molar-refractivity contribution is 7.89. The van der Waals surface area contributed by atoms with Gasteiger partial charge in [0.05, 0.1) is 17.4 Å². The summed E-state index contributed by atoms with van der Waals surface area (Å²) in [6.45, 7) is 6.42. The molecule has 0 aromatic heterocycles. The summed E-state index contributed by atoms with van der Waals surface area (Å²) >= 11 is 0. The molecule has 118 valence electrons. The van der Waals surface area contributed by atoms with Gasteiger partial charge < -0.3 is 10.2 Å². The maximum atomic E-state index is 12.4. The molecule has 1 rings (SSSR count). The summed E-state index contributed by atoms with van der Waals surface area (Å²) in [6.07, 6.45) is -1.03. The molecule has 1 aromatic rings. The van der Waals surface area contributed by atoms with Crippen LogP contribution >= 0.6 is 0 Å². The number of nitrogens with one attached hydrogen (secondary N) is 1. The largest absolute Gasteiger partial charge is 0.481 e. The molecule has 3 N–H and O–H groups in total. The molecule has 0 heterocycles. The van der Waals surface area contributed by atoms with Crippen molar-refractivity contribution < 1.29 is 23.4 Å². The summed E-state index contributed by atoms with van der Waals surface area (Å²) in [5.74, 6) is -1.01. The minimum atomic E-state index is -3.79. The van der Waals surface area contributed by atoms with Crippen molar-refractivity contribution in [2.45, 2.75) is 45.1 Å². The highest BCUT2D eigenvalue weighted by Gasteiger charge is 2.23. The SMILES string of the molecule is Cc1cc(C)c(S(=O)(=O)NC[C@@H](C)O)c(C)c1CC(=O)O. The fraction of sp³-hybridized carbons (Fsp3) is 0.500. The first kappa shape index (κ1) is 17.6. The third kappa shape index (κ3) is 4.26. The maximum Gasteiger partial charge on any atom is 0.307 e. The molecule has 0 aliphatic rings. The van der Waals surface area contributed by atoms with Crippen LogP contribution in [0.15, 0.2) is 11.0 Å². The highest BCUT2D eigenvalue weighted by Crippen LogP contribution is 2.26. The van der Waals surface area contributed by atoms with E-state index in [2.05, 4.69) is 4.72 Å². The molecular weight excluding hydrogens is 294 g/mol. The molecule has 0 aliphatic heterocycles. The molecule has 7 heteroatoms. The number of hydrogen-bond donors (Lipinski definition) is 3. The van der Waals surface area contributed by atoms with Crippen LogP contribution in [-0.2, 0) is 21.2 Å². The van der Waals surface area contributed by atoms with Gasteiger partial charge in [-0.15, -0.1) is 0 Å². The van der Waals surface area contributed by atoms with Crippen molar-refractivity contribution in [1.29, 1.82) is 0 Å². The van der Waals surface area contributed by atoms with Gasteiger partial charge in [0.15, 0.2) is 0 Å². The number of carbonyl (C=O) groups is 1. The molecule has 0 spiro atoms. The van der Waals surface area contributed by atoms with Crippen molar-refractivity contribution in [3.8, 4) is 0 Å². The fourth-order valence-corrected chi connectivity index (χ4v) is 3.96. The van der Waals surface area contributed by atoms with E-state index in [4.69, 9.17) is 5.11 Å². The van der Waals surface area contributed by atoms with Crippen LogP contribution < -0.4 is 4.72 Å². The van der Waals surface area contributed by atoms with E-state index in [-0.39, 0.29) is 17.9 Å². The van der Waals surface area contributed by atoms with Crippen LogP contribution in [0.25, 0.3) is 0 Å². The molecule has 6 nitrogen and oxygen atoms in total. The fourth-order valence-electron chi connectivity index (χ4n) is 2.35. The van der Waals surface area contributed by atoms with Crippen LogP contribution in [0.4, 0.5) is 0 Å². The number of benzene rings is 1. The second-order valence-corrected chi connectivity index (χ2v) is 6.92. The van der Waals surface area contributed by atoms with Gasteiger partial charge in [-0.25, -0.2) is 13.1 Å². The molecule has 1 aromatic carbocycles. The van der Waals surface area contributed by atoms with E-state index >= 15 is 0 Å². The van der Waals surface area contributed by atoms with E-state index in [0.717, 1.165) is 5.56 Å². The van der Waals surface area contributed by atoms with Crippen LogP contribution in [0.1, 0.15) is 29.2 Å². The van der Waals surface area contributed by atoms with Crippen molar-refractivity contribution in [2.24, 2.45) is 0 Å². The predicted octanol–water partition coefficient (Wildman–Crippen LogP) is 0.898. The van der Waals surface area contributed by atoms with Crippen LogP contribution in [0.5, 0.6) is 0 Å². The smallest absolute Gasteiger partial charge is 0.307 e. The Balaban J connectivity index is 3.39. The van der Waals surface area contributed by atoms with Crippen LogP contribution in [0.3, 0.4) is 0 Å². The van der Waals surface area contributed by atoms with Crippen LogP contribution in [0, 0.1) is 20.8 Å². The average molecular weight is 315 g/mol. The van der Waals surface area contributed by atoms with Crippen LogP contribution in [0.2, 0.25) is 0 Å². The molecule has 0 radical (unpaired) electrons. The third-order valence-corrected chi connectivity index (χ3v) is 4.94. The molecule has 0 unspecified atom stereocenters. The van der Waals surface area contributed by atoms with E-state index < -0.39 is 22.1 Å². The van der Waals surface area contributed by atoms with E-state index in [0.29, 0.717) is 16.7 Å². The van der Waals surface area contributed by atoms with E-state index in [1.165, 1.54) is 6.92 Å². The number of aliphatic hydroxyl groups excluding tert-OH is 1. The monoisotopic (exact) mass is 315 g/mol. The highest BCUT2D eigenvalue weighted by atomic mass is 32.2. The van der Waals surface area contributed by atoms with Crippen molar-refractivity contribution in [3.63, 3.8) is 0 Å². The second kappa shape index (κ2) is 6.55. The minimum absolute atomic E-state index is 0.0880. The zero-order chi connectivity index (χ0) is 16.4. The number of sulfonamides is 1. The van der Waals surface area contributed by atoms with Gasteiger partial charge in [0.1, 0.15) is 0 Å². The van der Waals surface area contributed by atoms with Gasteiger partial charge >= 0.3 is 5.97 Å². The quantitative estimate of drug-likeness (QED) is 0.723. The Bertz CT molecular complexity index is 650. The molecule has 0 bridgehead atoms. The molecular formula is C14H21NO5S. The summed E-state index contributed by atoms with van der Waals surface area (Å²) in [6, 6.07) is 1.67. The first-order chi connectivity index (χ1) is 9.56. The van der Waals surface area contributed by atoms with Crippen molar-refractivity contribution in [3.05, 3.63) is 28.3 Å².